The summed E-state index contributed by atoms with van der Waals surface area (Å²) in [5, 5.41) is 9.15. The summed E-state index contributed by atoms with van der Waals surface area (Å²) in [5.74, 6) is 0.805. The number of rotatable bonds is 5. The Hall–Kier alpha value is -2.82. The average Bonchev–Trinajstić information content (AvgIpc) is 3.06. The average molecular weight is 293 g/mol. The first-order chi connectivity index (χ1) is 10.9. The lowest BCUT2D eigenvalue weighted by molar-refractivity contribution is -0.109. The molecule has 5 nitrogen and oxygen atoms in total. The molecule has 0 spiro atoms. The first kappa shape index (κ1) is 14.1. The summed E-state index contributed by atoms with van der Waals surface area (Å²) in [6, 6.07) is 17.1. The lowest BCUT2D eigenvalue weighted by Gasteiger charge is -2.11. The number of hydrogen-bond acceptors (Lipinski definition) is 4. The van der Waals surface area contributed by atoms with Crippen LogP contribution >= 0.6 is 0 Å². The zero-order chi connectivity index (χ0) is 15.2. The molecule has 2 aromatic carbocycles. The van der Waals surface area contributed by atoms with Crippen molar-refractivity contribution in [2.75, 3.05) is 18.4 Å². The molecule has 111 valence electrons. The van der Waals surface area contributed by atoms with Crippen molar-refractivity contribution in [3.05, 3.63) is 54.1 Å². The fraction of sp³-hybridized carbons (Fsp3) is 0.176. The Labute approximate surface area is 129 Å². The van der Waals surface area contributed by atoms with E-state index in [1.807, 2.05) is 36.4 Å². The third-order valence-electron chi connectivity index (χ3n) is 3.41. The van der Waals surface area contributed by atoms with Gasteiger partial charge in [-0.3, -0.25) is 9.79 Å². The molecule has 0 aromatic heterocycles. The molecule has 1 aliphatic heterocycles. The van der Waals surface area contributed by atoms with Crippen LogP contribution in [0.15, 0.2) is 47.5 Å². The van der Waals surface area contributed by atoms with E-state index in [4.69, 9.17) is 0 Å². The van der Waals surface area contributed by atoms with Crippen LogP contribution in [0.3, 0.4) is 0 Å². The molecule has 0 saturated heterocycles. The summed E-state index contributed by atoms with van der Waals surface area (Å²) in [5.41, 5.74) is 4.07. The molecule has 2 aromatic rings. The normalized spacial score (nSPS) is 13.2. The van der Waals surface area contributed by atoms with Crippen LogP contribution in [0.25, 0.3) is 11.1 Å². The Balaban J connectivity index is 1.86. The molecule has 1 amide bonds. The number of nitrogens with zero attached hydrogens (tertiary/aromatic N) is 1. The van der Waals surface area contributed by atoms with Crippen molar-refractivity contribution in [2.45, 2.75) is 6.54 Å². The standard InChI is InChI=1S/C17H17N4O/c22-12-18-11-14-4-1-2-7-16(14)13-5-3-6-15(10-13)21-17-19-8-9-20-17/h1-3,5-7,10,12H,8-9,11H2,(H,18,22)(H2,19,20,21). The van der Waals surface area contributed by atoms with Crippen LogP contribution in [0.5, 0.6) is 0 Å². The number of carbonyl (C=O) groups is 1. The van der Waals surface area contributed by atoms with E-state index in [1.165, 1.54) is 0 Å². The maximum atomic E-state index is 10.5. The molecule has 0 aliphatic carbocycles. The molecule has 3 rings (SSSR count). The van der Waals surface area contributed by atoms with Crippen molar-refractivity contribution in [3.8, 4) is 11.1 Å². The Morgan fingerprint density at radius 1 is 1.32 bits per heavy atom. The summed E-state index contributed by atoms with van der Waals surface area (Å²) in [4.78, 5) is 14.8. The van der Waals surface area contributed by atoms with E-state index in [2.05, 4.69) is 33.1 Å². The first-order valence-electron chi connectivity index (χ1n) is 7.19. The fourth-order valence-corrected chi connectivity index (χ4v) is 2.41. The van der Waals surface area contributed by atoms with Gasteiger partial charge < -0.3 is 16.0 Å². The van der Waals surface area contributed by atoms with Crippen LogP contribution in [0.4, 0.5) is 5.69 Å². The first-order valence-corrected chi connectivity index (χ1v) is 7.19. The highest BCUT2D eigenvalue weighted by atomic mass is 16.1. The maximum absolute atomic E-state index is 10.5. The number of carbonyl (C=O) groups excluding carboxylic acids is 1. The molecule has 1 heterocycles. The molecule has 5 heteroatoms. The number of anilines is 1. The van der Waals surface area contributed by atoms with E-state index in [0.717, 1.165) is 41.4 Å². The van der Waals surface area contributed by atoms with E-state index in [-0.39, 0.29) is 0 Å². The van der Waals surface area contributed by atoms with Crippen LogP contribution in [-0.2, 0) is 11.3 Å². The fourth-order valence-electron chi connectivity index (χ4n) is 2.41. The van der Waals surface area contributed by atoms with Crippen molar-refractivity contribution >= 4 is 18.1 Å². The van der Waals surface area contributed by atoms with Gasteiger partial charge in [-0.25, -0.2) is 0 Å². The summed E-state index contributed by atoms with van der Waals surface area (Å²) in [7, 11) is 0. The van der Waals surface area contributed by atoms with Gasteiger partial charge in [0.25, 0.3) is 0 Å². The van der Waals surface area contributed by atoms with E-state index in [0.29, 0.717) is 13.0 Å². The molecule has 0 unspecified atom stereocenters. The third kappa shape index (κ3) is 3.25. The maximum Gasteiger partial charge on any atom is 0.207 e. The summed E-state index contributed by atoms with van der Waals surface area (Å²) >= 11 is 0. The number of benzene rings is 2. The van der Waals surface area contributed by atoms with Gasteiger partial charge in [-0.1, -0.05) is 30.3 Å². The molecule has 1 radical (unpaired) electrons. The monoisotopic (exact) mass is 293 g/mol. The molecule has 22 heavy (non-hydrogen) atoms. The number of guanidine groups is 1. The zero-order valence-electron chi connectivity index (χ0n) is 12.1. The predicted molar refractivity (Wildman–Crippen MR) is 87.5 cm³/mol. The molecule has 0 atom stereocenters. The van der Waals surface area contributed by atoms with Gasteiger partial charge in [0.2, 0.25) is 6.41 Å². The van der Waals surface area contributed by atoms with Gasteiger partial charge >= 0.3 is 0 Å². The van der Waals surface area contributed by atoms with Crippen molar-refractivity contribution in [2.24, 2.45) is 4.99 Å². The van der Waals surface area contributed by atoms with Gasteiger partial charge in [-0.05, 0) is 34.9 Å². The zero-order valence-corrected chi connectivity index (χ0v) is 12.1. The van der Waals surface area contributed by atoms with Crippen molar-refractivity contribution < 1.29 is 4.79 Å². The minimum atomic E-state index is 0.464. The highest BCUT2D eigenvalue weighted by molar-refractivity contribution is 5.95. The lowest BCUT2D eigenvalue weighted by atomic mass is 9.99. The van der Waals surface area contributed by atoms with Crippen molar-refractivity contribution in [1.29, 1.82) is 0 Å². The topological polar surface area (TPSA) is 65.5 Å². The number of amides is 1. The number of nitrogens with one attached hydrogen (secondary N) is 3. The second-order valence-electron chi connectivity index (χ2n) is 4.92. The summed E-state index contributed by atoms with van der Waals surface area (Å²) in [6.45, 7) is 2.14. The van der Waals surface area contributed by atoms with Crippen molar-refractivity contribution in [1.82, 2.24) is 10.6 Å². The second-order valence-corrected chi connectivity index (χ2v) is 4.92. The molecule has 0 saturated carbocycles. The number of aliphatic imine (C=N–C) groups is 1. The predicted octanol–water partition coefficient (Wildman–Crippen LogP) is 1.77. The van der Waals surface area contributed by atoms with Crippen LogP contribution in [-0.4, -0.2) is 25.5 Å². The Morgan fingerprint density at radius 3 is 3.09 bits per heavy atom. The van der Waals surface area contributed by atoms with Gasteiger partial charge in [0.05, 0.1) is 6.54 Å². The molecule has 0 bridgehead atoms. The molecule has 3 N–H and O–H groups in total. The molecular formula is C17H17N4O. The van der Waals surface area contributed by atoms with Crippen LogP contribution in [0.2, 0.25) is 0 Å². The second kappa shape index (κ2) is 6.76. The quantitative estimate of drug-likeness (QED) is 0.736. The summed E-state index contributed by atoms with van der Waals surface area (Å²) < 4.78 is 0. The minimum Gasteiger partial charge on any atom is -0.355 e. The van der Waals surface area contributed by atoms with E-state index >= 15 is 0 Å². The van der Waals surface area contributed by atoms with Crippen LogP contribution < -0.4 is 16.0 Å². The summed E-state index contributed by atoms with van der Waals surface area (Å²) in [6.07, 6.45) is 0.701. The Kier molecular flexibility index (Phi) is 4.34. The minimum absolute atomic E-state index is 0.464. The van der Waals surface area contributed by atoms with Crippen LogP contribution in [0.1, 0.15) is 5.56 Å². The largest absolute Gasteiger partial charge is 0.355 e. The smallest absolute Gasteiger partial charge is 0.207 e. The highest BCUT2D eigenvalue weighted by Crippen LogP contribution is 2.26. The van der Waals surface area contributed by atoms with Gasteiger partial charge in [-0.2, -0.15) is 0 Å². The van der Waals surface area contributed by atoms with Gasteiger partial charge in [0.1, 0.15) is 0 Å². The molecular weight excluding hydrogens is 276 g/mol. The van der Waals surface area contributed by atoms with E-state index < -0.39 is 0 Å². The third-order valence-corrected chi connectivity index (χ3v) is 3.41. The van der Waals surface area contributed by atoms with Gasteiger partial charge in [0, 0.05) is 18.8 Å². The lowest BCUT2D eigenvalue weighted by Crippen LogP contribution is -2.26. The SMILES string of the molecule is O=CNCc1[c]cccc1-c1cccc(NC2=NCCN2)c1. The highest BCUT2D eigenvalue weighted by Gasteiger charge is 2.08. The van der Waals surface area contributed by atoms with E-state index in [9.17, 15) is 4.79 Å². The van der Waals surface area contributed by atoms with Crippen LogP contribution in [0, 0.1) is 6.07 Å². The molecule has 0 fully saturated rings. The molecule has 1 aliphatic rings. The number of hydrogen-bond donors (Lipinski definition) is 3. The Morgan fingerprint density at radius 2 is 2.27 bits per heavy atom. The van der Waals surface area contributed by atoms with Gasteiger partial charge in [0.15, 0.2) is 5.96 Å². The Bertz CT molecular complexity index is 697. The van der Waals surface area contributed by atoms with Gasteiger partial charge in [-0.15, -0.1) is 0 Å². The van der Waals surface area contributed by atoms with Crippen molar-refractivity contribution in [3.63, 3.8) is 0 Å². The van der Waals surface area contributed by atoms with E-state index in [1.54, 1.807) is 0 Å².